The Bertz CT molecular complexity index is 199. The second-order valence-corrected chi connectivity index (χ2v) is 5.12. The van der Waals surface area contributed by atoms with Crippen LogP contribution in [0.4, 0.5) is 0 Å². The maximum absolute atomic E-state index is 11.7. The minimum absolute atomic E-state index is 0.0676. The van der Waals surface area contributed by atoms with Crippen LogP contribution in [-0.2, 0) is 4.79 Å². The van der Waals surface area contributed by atoms with Gasteiger partial charge in [-0.1, -0.05) is 20.8 Å². The van der Waals surface area contributed by atoms with E-state index in [4.69, 9.17) is 10.8 Å². The standard InChI is InChI=1S/C11H24N2O2/c1-8(6-5-7-14)13-10(15)9(12)11(2,3)4/h8-9,14H,5-7,12H2,1-4H3,(H,13,15)/t8?,9-/m1/s1. The first-order valence-corrected chi connectivity index (χ1v) is 5.46. The largest absolute Gasteiger partial charge is 0.396 e. The number of rotatable bonds is 5. The summed E-state index contributed by atoms with van der Waals surface area (Å²) in [6.45, 7) is 7.90. The van der Waals surface area contributed by atoms with Crippen molar-refractivity contribution >= 4 is 5.91 Å². The topological polar surface area (TPSA) is 75.3 Å². The fourth-order valence-electron chi connectivity index (χ4n) is 1.20. The number of amides is 1. The molecule has 2 atom stereocenters. The van der Waals surface area contributed by atoms with Crippen molar-refractivity contribution in [2.75, 3.05) is 6.61 Å². The van der Waals surface area contributed by atoms with E-state index in [0.717, 1.165) is 6.42 Å². The predicted octanol–water partition coefficient (Wildman–Crippen LogP) is 0.637. The van der Waals surface area contributed by atoms with E-state index >= 15 is 0 Å². The van der Waals surface area contributed by atoms with Crippen LogP contribution in [0.15, 0.2) is 0 Å². The first kappa shape index (κ1) is 14.4. The fourth-order valence-corrected chi connectivity index (χ4v) is 1.20. The summed E-state index contributed by atoms with van der Waals surface area (Å²) in [7, 11) is 0. The number of carbonyl (C=O) groups excluding carboxylic acids is 1. The highest BCUT2D eigenvalue weighted by molar-refractivity contribution is 5.82. The molecular formula is C11H24N2O2. The molecule has 4 nitrogen and oxygen atoms in total. The maximum atomic E-state index is 11.7. The molecular weight excluding hydrogens is 192 g/mol. The van der Waals surface area contributed by atoms with Gasteiger partial charge in [0.05, 0.1) is 6.04 Å². The summed E-state index contributed by atoms with van der Waals surface area (Å²) in [5.41, 5.74) is 5.59. The van der Waals surface area contributed by atoms with Crippen molar-refractivity contribution in [3.8, 4) is 0 Å². The summed E-state index contributed by atoms with van der Waals surface area (Å²) in [4.78, 5) is 11.7. The molecule has 0 aromatic heterocycles. The molecule has 0 aliphatic heterocycles. The summed E-state index contributed by atoms with van der Waals surface area (Å²) in [6.07, 6.45) is 1.48. The van der Waals surface area contributed by atoms with Crippen LogP contribution in [0.2, 0.25) is 0 Å². The van der Waals surface area contributed by atoms with Gasteiger partial charge in [0.2, 0.25) is 5.91 Å². The van der Waals surface area contributed by atoms with E-state index in [1.807, 2.05) is 27.7 Å². The molecule has 0 aliphatic rings. The van der Waals surface area contributed by atoms with Gasteiger partial charge in [-0.05, 0) is 25.2 Å². The van der Waals surface area contributed by atoms with Crippen molar-refractivity contribution < 1.29 is 9.90 Å². The Hall–Kier alpha value is -0.610. The van der Waals surface area contributed by atoms with E-state index in [0.29, 0.717) is 6.42 Å². The molecule has 0 radical (unpaired) electrons. The minimum Gasteiger partial charge on any atom is -0.396 e. The zero-order valence-corrected chi connectivity index (χ0v) is 10.2. The monoisotopic (exact) mass is 216 g/mol. The lowest BCUT2D eigenvalue weighted by Gasteiger charge is -2.27. The minimum atomic E-state index is -0.492. The van der Waals surface area contributed by atoms with E-state index < -0.39 is 6.04 Å². The number of aliphatic hydroxyl groups is 1. The third-order valence-corrected chi connectivity index (χ3v) is 2.40. The van der Waals surface area contributed by atoms with Crippen LogP contribution in [0.1, 0.15) is 40.5 Å². The molecule has 0 saturated carbocycles. The molecule has 0 bridgehead atoms. The van der Waals surface area contributed by atoms with Crippen molar-refractivity contribution in [1.82, 2.24) is 5.32 Å². The van der Waals surface area contributed by atoms with Gasteiger partial charge in [-0.3, -0.25) is 4.79 Å². The Morgan fingerprint density at radius 3 is 2.40 bits per heavy atom. The fraction of sp³-hybridized carbons (Fsp3) is 0.909. The van der Waals surface area contributed by atoms with Crippen LogP contribution < -0.4 is 11.1 Å². The van der Waals surface area contributed by atoms with E-state index in [1.54, 1.807) is 0 Å². The van der Waals surface area contributed by atoms with Gasteiger partial charge in [-0.2, -0.15) is 0 Å². The van der Waals surface area contributed by atoms with Gasteiger partial charge in [0.25, 0.3) is 0 Å². The van der Waals surface area contributed by atoms with Crippen LogP contribution in [0, 0.1) is 5.41 Å². The van der Waals surface area contributed by atoms with E-state index in [2.05, 4.69) is 5.32 Å². The molecule has 0 saturated heterocycles. The third-order valence-electron chi connectivity index (χ3n) is 2.40. The van der Waals surface area contributed by atoms with Crippen LogP contribution in [0.5, 0.6) is 0 Å². The molecule has 4 N–H and O–H groups in total. The van der Waals surface area contributed by atoms with Crippen LogP contribution in [0.3, 0.4) is 0 Å². The average molecular weight is 216 g/mol. The molecule has 1 amide bonds. The quantitative estimate of drug-likeness (QED) is 0.631. The molecule has 0 fully saturated rings. The Morgan fingerprint density at radius 2 is 2.00 bits per heavy atom. The zero-order valence-electron chi connectivity index (χ0n) is 10.2. The van der Waals surface area contributed by atoms with E-state index in [9.17, 15) is 4.79 Å². The van der Waals surface area contributed by atoms with Crippen molar-refractivity contribution in [3.05, 3.63) is 0 Å². The van der Waals surface area contributed by atoms with Gasteiger partial charge >= 0.3 is 0 Å². The van der Waals surface area contributed by atoms with Crippen LogP contribution in [0.25, 0.3) is 0 Å². The number of nitrogens with one attached hydrogen (secondary N) is 1. The van der Waals surface area contributed by atoms with Crippen molar-refractivity contribution in [1.29, 1.82) is 0 Å². The molecule has 0 spiro atoms. The second kappa shape index (κ2) is 6.08. The normalized spacial score (nSPS) is 15.9. The average Bonchev–Trinajstić information content (AvgIpc) is 2.11. The highest BCUT2D eigenvalue weighted by Gasteiger charge is 2.27. The number of hydrogen-bond donors (Lipinski definition) is 3. The van der Waals surface area contributed by atoms with Gasteiger partial charge in [0.15, 0.2) is 0 Å². The van der Waals surface area contributed by atoms with Gasteiger partial charge in [-0.15, -0.1) is 0 Å². The molecule has 0 aliphatic carbocycles. The van der Waals surface area contributed by atoms with Gasteiger partial charge in [0.1, 0.15) is 0 Å². The summed E-state index contributed by atoms with van der Waals surface area (Å²) in [5, 5.41) is 11.5. The smallest absolute Gasteiger partial charge is 0.237 e. The lowest BCUT2D eigenvalue weighted by Crippen LogP contribution is -2.50. The van der Waals surface area contributed by atoms with Crippen LogP contribution in [-0.4, -0.2) is 29.7 Å². The SMILES string of the molecule is CC(CCCO)NC(=O)[C@@H](N)C(C)(C)C. The number of carbonyl (C=O) groups is 1. The van der Waals surface area contributed by atoms with Crippen LogP contribution >= 0.6 is 0 Å². The summed E-state index contributed by atoms with van der Waals surface area (Å²) in [5.74, 6) is -0.118. The Kier molecular flexibility index (Phi) is 5.83. The van der Waals surface area contributed by atoms with Gasteiger partial charge in [0, 0.05) is 12.6 Å². The molecule has 0 aromatic rings. The Morgan fingerprint density at radius 1 is 1.47 bits per heavy atom. The molecule has 15 heavy (non-hydrogen) atoms. The first-order valence-electron chi connectivity index (χ1n) is 5.46. The number of nitrogens with two attached hydrogens (primary N) is 1. The molecule has 0 aromatic carbocycles. The maximum Gasteiger partial charge on any atom is 0.237 e. The highest BCUT2D eigenvalue weighted by atomic mass is 16.2. The summed E-state index contributed by atoms with van der Waals surface area (Å²) >= 11 is 0. The van der Waals surface area contributed by atoms with E-state index in [-0.39, 0.29) is 24.0 Å². The summed E-state index contributed by atoms with van der Waals surface area (Å²) < 4.78 is 0. The molecule has 0 rings (SSSR count). The zero-order chi connectivity index (χ0) is 12.1. The molecule has 0 heterocycles. The van der Waals surface area contributed by atoms with Crippen molar-refractivity contribution in [2.24, 2.45) is 11.1 Å². The predicted molar refractivity (Wildman–Crippen MR) is 61.4 cm³/mol. The Labute approximate surface area is 92.2 Å². The first-order chi connectivity index (χ1) is 6.79. The second-order valence-electron chi connectivity index (χ2n) is 5.12. The molecule has 4 heteroatoms. The van der Waals surface area contributed by atoms with Gasteiger partial charge < -0.3 is 16.2 Å². The van der Waals surface area contributed by atoms with Gasteiger partial charge in [-0.25, -0.2) is 0 Å². The van der Waals surface area contributed by atoms with Crippen molar-refractivity contribution in [2.45, 2.75) is 52.6 Å². The lowest BCUT2D eigenvalue weighted by molar-refractivity contribution is -0.125. The molecule has 90 valence electrons. The number of hydrogen-bond acceptors (Lipinski definition) is 3. The Balaban J connectivity index is 4.02. The highest BCUT2D eigenvalue weighted by Crippen LogP contribution is 2.17. The third kappa shape index (κ3) is 5.74. The molecule has 1 unspecified atom stereocenters. The lowest BCUT2D eigenvalue weighted by atomic mass is 9.87. The van der Waals surface area contributed by atoms with Crippen molar-refractivity contribution in [3.63, 3.8) is 0 Å². The van der Waals surface area contributed by atoms with E-state index in [1.165, 1.54) is 0 Å². The number of aliphatic hydroxyl groups excluding tert-OH is 1. The summed E-state index contributed by atoms with van der Waals surface area (Å²) in [6, 6.07) is -0.424.